The summed E-state index contributed by atoms with van der Waals surface area (Å²) in [5, 5.41) is 4.71. The van der Waals surface area contributed by atoms with Crippen LogP contribution >= 0.6 is 0 Å². The number of allylic oxidation sites excluding steroid dienone is 3. The number of benzene rings is 2. The lowest BCUT2D eigenvalue weighted by molar-refractivity contribution is -0.151. The molecule has 6 heteroatoms. The van der Waals surface area contributed by atoms with E-state index in [1.807, 2.05) is 67.7 Å². The van der Waals surface area contributed by atoms with E-state index in [-0.39, 0.29) is 5.76 Å². The second-order valence-corrected chi connectivity index (χ2v) is 7.33. The molecule has 1 aliphatic heterocycles. The molecule has 0 amide bonds. The van der Waals surface area contributed by atoms with E-state index >= 15 is 0 Å². The number of aromatic nitrogens is 2. The first-order valence-corrected chi connectivity index (χ1v) is 9.80. The highest BCUT2D eigenvalue weighted by Crippen LogP contribution is 2.26. The lowest BCUT2D eigenvalue weighted by Gasteiger charge is -2.15. The Morgan fingerprint density at radius 3 is 2.55 bits per heavy atom. The summed E-state index contributed by atoms with van der Waals surface area (Å²) in [6.07, 6.45) is 5.80. The summed E-state index contributed by atoms with van der Waals surface area (Å²) in [7, 11) is 0. The number of para-hydroxylation sites is 1. The summed E-state index contributed by atoms with van der Waals surface area (Å²) in [4.78, 5) is 36.8. The number of cyclic esters (lactones) is 1. The SMILES string of the molecule is CC1=CC(=O)C(C(=O)/C=C/c2cn(-c3ccccc3)nc2-c2cccc(C)c2)C(=O)O1. The summed E-state index contributed by atoms with van der Waals surface area (Å²) in [6.45, 7) is 3.49. The number of aryl methyl sites for hydroxylation is 1. The topological polar surface area (TPSA) is 78.3 Å². The Morgan fingerprint density at radius 1 is 1.06 bits per heavy atom. The number of rotatable bonds is 5. The zero-order valence-electron chi connectivity index (χ0n) is 17.1. The van der Waals surface area contributed by atoms with Gasteiger partial charge in [-0.2, -0.15) is 5.10 Å². The molecule has 154 valence electrons. The molecule has 2 aromatic carbocycles. The van der Waals surface area contributed by atoms with E-state index < -0.39 is 23.5 Å². The van der Waals surface area contributed by atoms with E-state index in [1.54, 1.807) is 10.8 Å². The molecule has 31 heavy (non-hydrogen) atoms. The number of carbonyl (C=O) groups is 3. The quantitative estimate of drug-likeness (QED) is 0.359. The van der Waals surface area contributed by atoms with Crippen LogP contribution in [0.3, 0.4) is 0 Å². The zero-order valence-corrected chi connectivity index (χ0v) is 17.1. The predicted octanol–water partition coefficient (Wildman–Crippen LogP) is 4.08. The minimum absolute atomic E-state index is 0.189. The minimum atomic E-state index is -1.47. The molecule has 0 bridgehead atoms. The summed E-state index contributed by atoms with van der Waals surface area (Å²) < 4.78 is 6.67. The van der Waals surface area contributed by atoms with E-state index in [2.05, 4.69) is 0 Å². The molecule has 0 saturated heterocycles. The van der Waals surface area contributed by atoms with Gasteiger partial charge in [-0.1, -0.05) is 42.0 Å². The fourth-order valence-electron chi connectivity index (χ4n) is 3.41. The van der Waals surface area contributed by atoms with Gasteiger partial charge in [-0.3, -0.25) is 14.4 Å². The molecule has 0 saturated carbocycles. The van der Waals surface area contributed by atoms with Gasteiger partial charge in [0.1, 0.15) is 5.76 Å². The fraction of sp³-hybridized carbons (Fsp3) is 0.120. The Balaban J connectivity index is 1.71. The molecule has 0 fully saturated rings. The Bertz CT molecular complexity index is 1240. The van der Waals surface area contributed by atoms with Gasteiger partial charge in [0.25, 0.3) is 0 Å². The highest BCUT2D eigenvalue weighted by molar-refractivity contribution is 6.25. The fourth-order valence-corrected chi connectivity index (χ4v) is 3.41. The lowest BCUT2D eigenvalue weighted by Crippen LogP contribution is -2.34. The van der Waals surface area contributed by atoms with Crippen molar-refractivity contribution < 1.29 is 19.1 Å². The maximum Gasteiger partial charge on any atom is 0.329 e. The third-order valence-electron chi connectivity index (χ3n) is 4.89. The second-order valence-electron chi connectivity index (χ2n) is 7.33. The molecule has 0 radical (unpaired) electrons. The van der Waals surface area contributed by atoms with E-state index in [0.717, 1.165) is 16.8 Å². The highest BCUT2D eigenvalue weighted by atomic mass is 16.5. The Labute approximate surface area is 179 Å². The molecule has 1 aromatic heterocycles. The number of ether oxygens (including phenoxy) is 1. The Hall–Kier alpha value is -4.06. The Kier molecular flexibility index (Phi) is 5.45. The third-order valence-corrected chi connectivity index (χ3v) is 4.89. The first kappa shape index (κ1) is 20.2. The number of ketones is 2. The normalized spacial score (nSPS) is 16.3. The van der Waals surface area contributed by atoms with Crippen LogP contribution in [0, 0.1) is 12.8 Å². The van der Waals surface area contributed by atoms with Crippen molar-refractivity contribution in [2.75, 3.05) is 0 Å². The van der Waals surface area contributed by atoms with Crippen molar-refractivity contribution in [2.24, 2.45) is 5.92 Å². The van der Waals surface area contributed by atoms with Gasteiger partial charge < -0.3 is 4.74 Å². The van der Waals surface area contributed by atoms with E-state index in [9.17, 15) is 14.4 Å². The van der Waals surface area contributed by atoms with Gasteiger partial charge in [0.15, 0.2) is 17.5 Å². The molecule has 1 aliphatic rings. The summed E-state index contributed by atoms with van der Waals surface area (Å²) in [6, 6.07) is 17.5. The van der Waals surface area contributed by atoms with Gasteiger partial charge in [0, 0.05) is 23.4 Å². The van der Waals surface area contributed by atoms with Gasteiger partial charge in [-0.25, -0.2) is 4.68 Å². The van der Waals surface area contributed by atoms with Crippen molar-refractivity contribution in [2.45, 2.75) is 13.8 Å². The smallest absolute Gasteiger partial charge is 0.329 e. The zero-order chi connectivity index (χ0) is 22.0. The van der Waals surface area contributed by atoms with Crippen LogP contribution < -0.4 is 0 Å². The first-order chi connectivity index (χ1) is 14.9. The van der Waals surface area contributed by atoms with Crippen LogP contribution in [0.2, 0.25) is 0 Å². The van der Waals surface area contributed by atoms with Crippen molar-refractivity contribution in [1.29, 1.82) is 0 Å². The van der Waals surface area contributed by atoms with Crippen molar-refractivity contribution in [3.8, 4) is 16.9 Å². The minimum Gasteiger partial charge on any atom is -0.430 e. The molecule has 1 unspecified atom stereocenters. The Morgan fingerprint density at radius 2 is 1.84 bits per heavy atom. The van der Waals surface area contributed by atoms with Crippen LogP contribution in [-0.2, 0) is 19.1 Å². The van der Waals surface area contributed by atoms with Crippen molar-refractivity contribution >= 4 is 23.6 Å². The molecule has 0 N–H and O–H groups in total. The van der Waals surface area contributed by atoms with E-state index in [0.29, 0.717) is 11.3 Å². The monoisotopic (exact) mass is 412 g/mol. The summed E-state index contributed by atoms with van der Waals surface area (Å²) >= 11 is 0. The average Bonchev–Trinajstić information content (AvgIpc) is 3.16. The van der Waals surface area contributed by atoms with Crippen molar-refractivity contribution in [3.05, 3.63) is 89.8 Å². The van der Waals surface area contributed by atoms with Gasteiger partial charge >= 0.3 is 5.97 Å². The van der Waals surface area contributed by atoms with Crippen LogP contribution in [0.1, 0.15) is 18.1 Å². The van der Waals surface area contributed by atoms with Crippen molar-refractivity contribution in [1.82, 2.24) is 9.78 Å². The molecule has 1 atom stereocenters. The van der Waals surface area contributed by atoms with Crippen molar-refractivity contribution in [3.63, 3.8) is 0 Å². The van der Waals surface area contributed by atoms with E-state index in [1.165, 1.54) is 19.1 Å². The lowest BCUT2D eigenvalue weighted by atomic mass is 9.95. The molecule has 6 nitrogen and oxygen atoms in total. The van der Waals surface area contributed by atoms with Gasteiger partial charge in [-0.05, 0) is 44.2 Å². The molecule has 4 rings (SSSR count). The van der Waals surface area contributed by atoms with Crippen LogP contribution in [0.25, 0.3) is 23.0 Å². The second kappa shape index (κ2) is 8.36. The third kappa shape index (κ3) is 4.28. The van der Waals surface area contributed by atoms with Crippen LogP contribution in [-0.4, -0.2) is 27.3 Å². The van der Waals surface area contributed by atoms with Crippen LogP contribution in [0.5, 0.6) is 0 Å². The maximum atomic E-state index is 12.6. The maximum absolute atomic E-state index is 12.6. The number of nitrogens with zero attached hydrogens (tertiary/aromatic N) is 2. The largest absolute Gasteiger partial charge is 0.430 e. The molecule has 0 aliphatic carbocycles. The molecule has 0 spiro atoms. The number of hydrogen-bond donors (Lipinski definition) is 0. The number of hydrogen-bond acceptors (Lipinski definition) is 5. The van der Waals surface area contributed by atoms with E-state index in [4.69, 9.17) is 9.84 Å². The van der Waals surface area contributed by atoms with Crippen LogP contribution in [0.4, 0.5) is 0 Å². The number of carbonyl (C=O) groups excluding carboxylic acids is 3. The molecule has 2 heterocycles. The summed E-state index contributed by atoms with van der Waals surface area (Å²) in [5.41, 5.74) is 4.22. The average molecular weight is 412 g/mol. The summed E-state index contributed by atoms with van der Waals surface area (Å²) in [5.74, 6) is -3.32. The molecular formula is C25H20N2O4. The highest BCUT2D eigenvalue weighted by Gasteiger charge is 2.36. The van der Waals surface area contributed by atoms with Crippen LogP contribution in [0.15, 0.2) is 78.7 Å². The molecule has 3 aromatic rings. The standard InChI is InChI=1S/C25H20N2O4/c1-16-7-6-8-18(13-16)24-19(15-27(26-24)20-9-4-3-5-10-20)11-12-21(28)23-22(29)14-17(2)31-25(23)30/h3-15,23H,1-2H3/b12-11+. The van der Waals surface area contributed by atoms with Gasteiger partial charge in [0.2, 0.25) is 0 Å². The van der Waals surface area contributed by atoms with Gasteiger partial charge in [-0.15, -0.1) is 0 Å². The van der Waals surface area contributed by atoms with Gasteiger partial charge in [0.05, 0.1) is 11.4 Å². The predicted molar refractivity (Wildman–Crippen MR) is 116 cm³/mol. The number of esters is 1. The first-order valence-electron chi connectivity index (χ1n) is 9.80. The molecular weight excluding hydrogens is 392 g/mol.